The van der Waals surface area contributed by atoms with E-state index in [1.54, 1.807) is 7.11 Å². The van der Waals surface area contributed by atoms with Crippen LogP contribution in [0.15, 0.2) is 18.2 Å². The number of nitrogens with zero attached hydrogens (tertiary/aromatic N) is 1. The molecule has 3 heteroatoms. The molecule has 0 amide bonds. The molecule has 0 aliphatic rings. The molecule has 0 bridgehead atoms. The lowest BCUT2D eigenvalue weighted by atomic mass is 10.0. The highest BCUT2D eigenvalue weighted by Crippen LogP contribution is 2.24. The molecule has 0 aliphatic carbocycles. The Kier molecular flexibility index (Phi) is 9.17. The first-order chi connectivity index (χ1) is 10.6. The summed E-state index contributed by atoms with van der Waals surface area (Å²) < 4.78 is 5.23. The quantitative estimate of drug-likeness (QED) is 0.660. The summed E-state index contributed by atoms with van der Waals surface area (Å²) in [6, 6.07) is 5.91. The van der Waals surface area contributed by atoms with E-state index in [0.29, 0.717) is 0 Å². The van der Waals surface area contributed by atoms with Crippen LogP contribution in [0.1, 0.15) is 63.2 Å². The highest BCUT2D eigenvalue weighted by Gasteiger charge is 2.13. The highest BCUT2D eigenvalue weighted by molar-refractivity contribution is 5.35. The second-order valence-corrected chi connectivity index (χ2v) is 6.08. The molecule has 1 aromatic rings. The Balaban J connectivity index is 2.56. The van der Waals surface area contributed by atoms with Crippen LogP contribution in [-0.4, -0.2) is 36.8 Å². The van der Waals surface area contributed by atoms with E-state index in [9.17, 15) is 5.11 Å². The van der Waals surface area contributed by atoms with Crippen LogP contribution in [0.25, 0.3) is 0 Å². The monoisotopic (exact) mass is 307 g/mol. The number of hydrogen-bond donors (Lipinski definition) is 1. The van der Waals surface area contributed by atoms with Crippen LogP contribution in [0.2, 0.25) is 0 Å². The first-order valence-electron chi connectivity index (χ1n) is 8.67. The fourth-order valence-electron chi connectivity index (χ4n) is 2.71. The van der Waals surface area contributed by atoms with E-state index in [1.165, 1.54) is 25.7 Å². The van der Waals surface area contributed by atoms with Crippen molar-refractivity contribution in [1.29, 1.82) is 0 Å². The summed E-state index contributed by atoms with van der Waals surface area (Å²) in [5.41, 5.74) is 2.12. The number of aryl methyl sites for hydroxylation is 1. The van der Waals surface area contributed by atoms with E-state index in [0.717, 1.165) is 42.9 Å². The summed E-state index contributed by atoms with van der Waals surface area (Å²) in [4.78, 5) is 2.50. The van der Waals surface area contributed by atoms with Gasteiger partial charge in [-0.3, -0.25) is 0 Å². The molecule has 0 spiro atoms. The zero-order valence-corrected chi connectivity index (χ0v) is 14.8. The fraction of sp³-hybridized carbons (Fsp3) is 0.684. The van der Waals surface area contributed by atoms with Gasteiger partial charge in [-0.15, -0.1) is 0 Å². The number of benzene rings is 1. The summed E-state index contributed by atoms with van der Waals surface area (Å²) >= 11 is 0. The van der Waals surface area contributed by atoms with E-state index < -0.39 is 6.10 Å². The minimum absolute atomic E-state index is 0.392. The molecule has 0 saturated carbocycles. The van der Waals surface area contributed by atoms with Gasteiger partial charge in [0.2, 0.25) is 0 Å². The van der Waals surface area contributed by atoms with Gasteiger partial charge in [-0.2, -0.15) is 0 Å². The van der Waals surface area contributed by atoms with Crippen LogP contribution in [0.5, 0.6) is 5.75 Å². The Morgan fingerprint density at radius 3 is 2.23 bits per heavy atom. The first kappa shape index (κ1) is 19.0. The van der Waals surface area contributed by atoms with Crippen LogP contribution in [0.3, 0.4) is 0 Å². The smallest absolute Gasteiger partial charge is 0.119 e. The molecule has 1 rings (SSSR count). The molecule has 0 aliphatic heterocycles. The highest BCUT2D eigenvalue weighted by atomic mass is 16.5. The molecule has 0 heterocycles. The van der Waals surface area contributed by atoms with Crippen LogP contribution < -0.4 is 4.74 Å². The van der Waals surface area contributed by atoms with Gasteiger partial charge in [0.05, 0.1) is 13.2 Å². The molecule has 22 heavy (non-hydrogen) atoms. The van der Waals surface area contributed by atoms with Gasteiger partial charge in [0.15, 0.2) is 0 Å². The molecule has 1 atom stereocenters. The van der Waals surface area contributed by atoms with Crippen molar-refractivity contribution in [2.24, 2.45) is 0 Å². The molecule has 3 nitrogen and oxygen atoms in total. The molecule has 0 radical (unpaired) electrons. The number of aliphatic hydroxyl groups excluding tert-OH is 1. The van der Waals surface area contributed by atoms with Crippen LogP contribution in [0, 0.1) is 6.92 Å². The lowest BCUT2D eigenvalue weighted by molar-refractivity contribution is 0.140. The van der Waals surface area contributed by atoms with Gasteiger partial charge in [-0.05, 0) is 62.5 Å². The predicted octanol–water partition coefficient (Wildman–Crippen LogP) is 4.33. The lowest BCUT2D eigenvalue weighted by Crippen LogP contribution is -2.28. The third-order valence-corrected chi connectivity index (χ3v) is 4.21. The van der Waals surface area contributed by atoms with Crippen LogP contribution in [0.4, 0.5) is 0 Å². The molecule has 0 fully saturated rings. The Labute approximate surface area is 136 Å². The minimum Gasteiger partial charge on any atom is -0.497 e. The van der Waals surface area contributed by atoms with Gasteiger partial charge in [-0.1, -0.05) is 32.8 Å². The van der Waals surface area contributed by atoms with Crippen molar-refractivity contribution in [3.8, 4) is 5.75 Å². The number of hydrogen-bond acceptors (Lipinski definition) is 3. The Bertz CT molecular complexity index is 412. The van der Waals surface area contributed by atoms with Crippen molar-refractivity contribution in [3.05, 3.63) is 29.3 Å². The number of methoxy groups -OCH3 is 1. The lowest BCUT2D eigenvalue weighted by Gasteiger charge is -2.24. The second kappa shape index (κ2) is 10.6. The van der Waals surface area contributed by atoms with Gasteiger partial charge in [0, 0.05) is 6.54 Å². The maximum absolute atomic E-state index is 10.5. The van der Waals surface area contributed by atoms with E-state index in [4.69, 9.17) is 4.74 Å². The van der Waals surface area contributed by atoms with E-state index in [-0.39, 0.29) is 0 Å². The van der Waals surface area contributed by atoms with Gasteiger partial charge < -0.3 is 14.7 Å². The minimum atomic E-state index is -0.392. The summed E-state index contributed by atoms with van der Waals surface area (Å²) in [5.74, 6) is 0.848. The number of unbranched alkanes of at least 4 members (excludes halogenated alkanes) is 2. The molecule has 0 aromatic heterocycles. The second-order valence-electron chi connectivity index (χ2n) is 6.08. The van der Waals surface area contributed by atoms with Crippen LogP contribution >= 0.6 is 0 Å². The van der Waals surface area contributed by atoms with Gasteiger partial charge >= 0.3 is 0 Å². The third kappa shape index (κ3) is 6.37. The molecule has 1 unspecified atom stereocenters. The van der Waals surface area contributed by atoms with Crippen LogP contribution in [-0.2, 0) is 0 Å². The summed E-state index contributed by atoms with van der Waals surface area (Å²) in [6.07, 6.45) is 5.33. The van der Waals surface area contributed by atoms with Crippen molar-refractivity contribution >= 4 is 0 Å². The summed E-state index contributed by atoms with van der Waals surface area (Å²) in [7, 11) is 1.67. The topological polar surface area (TPSA) is 32.7 Å². The van der Waals surface area contributed by atoms with E-state index in [1.807, 2.05) is 25.1 Å². The molecule has 126 valence electrons. The molecule has 0 saturated heterocycles. The fourth-order valence-corrected chi connectivity index (χ4v) is 2.71. The maximum atomic E-state index is 10.5. The Morgan fingerprint density at radius 1 is 1.09 bits per heavy atom. The van der Waals surface area contributed by atoms with Gasteiger partial charge in [0.1, 0.15) is 5.75 Å². The molecular formula is C19H33NO2. The van der Waals surface area contributed by atoms with Gasteiger partial charge in [0.25, 0.3) is 0 Å². The zero-order valence-electron chi connectivity index (χ0n) is 14.8. The number of rotatable bonds is 11. The number of aliphatic hydroxyl groups is 1. The van der Waals surface area contributed by atoms with E-state index in [2.05, 4.69) is 18.7 Å². The average molecular weight is 307 g/mol. The Morgan fingerprint density at radius 2 is 1.73 bits per heavy atom. The first-order valence-corrected chi connectivity index (χ1v) is 8.67. The van der Waals surface area contributed by atoms with E-state index >= 15 is 0 Å². The maximum Gasteiger partial charge on any atom is 0.119 e. The average Bonchev–Trinajstić information content (AvgIpc) is 2.53. The standard InChI is InChI=1S/C19H33NO2/c1-5-7-12-20(13-8-6-2)14-11-19(21)18-10-9-17(22-4)15-16(18)3/h9-10,15,19,21H,5-8,11-14H2,1-4H3. The zero-order chi connectivity index (χ0) is 16.4. The Hall–Kier alpha value is -1.06. The van der Waals surface area contributed by atoms with Crippen molar-refractivity contribution < 1.29 is 9.84 Å². The summed E-state index contributed by atoms with van der Waals surface area (Å²) in [5, 5.41) is 10.5. The predicted molar refractivity (Wildman–Crippen MR) is 93.6 cm³/mol. The third-order valence-electron chi connectivity index (χ3n) is 4.21. The number of ether oxygens (including phenoxy) is 1. The normalized spacial score (nSPS) is 12.6. The van der Waals surface area contributed by atoms with Gasteiger partial charge in [-0.25, -0.2) is 0 Å². The van der Waals surface area contributed by atoms with Crippen molar-refractivity contribution in [3.63, 3.8) is 0 Å². The largest absolute Gasteiger partial charge is 0.497 e. The SMILES string of the molecule is CCCCN(CCCC)CCC(O)c1ccc(OC)cc1C. The van der Waals surface area contributed by atoms with Crippen molar-refractivity contribution in [2.45, 2.75) is 59.0 Å². The van der Waals surface area contributed by atoms with Crippen molar-refractivity contribution in [1.82, 2.24) is 4.90 Å². The summed E-state index contributed by atoms with van der Waals surface area (Å²) in [6.45, 7) is 9.75. The molecule has 1 N–H and O–H groups in total. The van der Waals surface area contributed by atoms with Crippen molar-refractivity contribution in [2.75, 3.05) is 26.7 Å². The molecular weight excluding hydrogens is 274 g/mol. The molecule has 1 aromatic carbocycles.